The van der Waals surface area contributed by atoms with Crippen LogP contribution in [0, 0.1) is 5.92 Å². The van der Waals surface area contributed by atoms with Gasteiger partial charge in [0.05, 0.1) is 25.9 Å². The third kappa shape index (κ3) is 3.60. The molecule has 1 heterocycles. The largest absolute Gasteiger partial charge is 0.497 e. The van der Waals surface area contributed by atoms with E-state index in [9.17, 15) is 0 Å². The maximum atomic E-state index is 5.38. The average Bonchev–Trinajstić information content (AvgIpc) is 2.47. The standard InChI is InChI=1S/C15H22N2O2S/c1-10(2)12-7-8-20-15(16-12)17-13-9-11(18-3)5-6-14(13)19-4/h5-6,9-10,12H,7-8H2,1-4H3,(H,16,17). The molecule has 4 nitrogen and oxygen atoms in total. The topological polar surface area (TPSA) is 42.9 Å². The normalized spacial score (nSPS) is 18.6. The number of nitrogens with one attached hydrogen (secondary N) is 1. The Labute approximate surface area is 125 Å². The third-order valence-electron chi connectivity index (χ3n) is 3.35. The Hall–Kier alpha value is -1.36. The molecule has 20 heavy (non-hydrogen) atoms. The predicted octanol–water partition coefficient (Wildman–Crippen LogP) is 3.63. The molecule has 1 atom stereocenters. The first kappa shape index (κ1) is 15.0. The summed E-state index contributed by atoms with van der Waals surface area (Å²) < 4.78 is 10.6. The predicted molar refractivity (Wildman–Crippen MR) is 86.3 cm³/mol. The Morgan fingerprint density at radius 1 is 1.30 bits per heavy atom. The molecule has 0 aliphatic carbocycles. The summed E-state index contributed by atoms with van der Waals surface area (Å²) in [6.07, 6.45) is 1.14. The number of nitrogens with zero attached hydrogens (tertiary/aromatic N) is 1. The summed E-state index contributed by atoms with van der Waals surface area (Å²) in [4.78, 5) is 4.78. The Morgan fingerprint density at radius 3 is 2.75 bits per heavy atom. The molecule has 1 aromatic carbocycles. The van der Waals surface area contributed by atoms with E-state index in [2.05, 4.69) is 19.2 Å². The van der Waals surface area contributed by atoms with Gasteiger partial charge in [-0.25, -0.2) is 0 Å². The zero-order valence-corrected chi connectivity index (χ0v) is 13.3. The van der Waals surface area contributed by atoms with Crippen LogP contribution in [0.2, 0.25) is 0 Å². The molecule has 2 rings (SSSR count). The number of rotatable bonds is 4. The van der Waals surface area contributed by atoms with E-state index < -0.39 is 0 Å². The van der Waals surface area contributed by atoms with E-state index >= 15 is 0 Å². The van der Waals surface area contributed by atoms with Crippen molar-refractivity contribution in [3.63, 3.8) is 0 Å². The highest BCUT2D eigenvalue weighted by atomic mass is 32.2. The number of aliphatic imine (C=N–C) groups is 1. The molecule has 1 aromatic rings. The second-order valence-electron chi connectivity index (χ2n) is 5.07. The number of ether oxygens (including phenoxy) is 2. The quantitative estimate of drug-likeness (QED) is 0.921. The van der Waals surface area contributed by atoms with Crippen LogP contribution in [0.5, 0.6) is 11.5 Å². The van der Waals surface area contributed by atoms with Crippen LogP contribution >= 0.6 is 11.8 Å². The molecule has 1 unspecified atom stereocenters. The summed E-state index contributed by atoms with van der Waals surface area (Å²) in [5.74, 6) is 3.26. The van der Waals surface area contributed by atoms with Gasteiger partial charge in [0.1, 0.15) is 11.5 Å². The van der Waals surface area contributed by atoms with Crippen LogP contribution in [0.15, 0.2) is 23.2 Å². The second kappa shape index (κ2) is 6.88. The Bertz CT molecular complexity index is 489. The fourth-order valence-electron chi connectivity index (χ4n) is 2.11. The zero-order valence-electron chi connectivity index (χ0n) is 12.5. The number of benzene rings is 1. The summed E-state index contributed by atoms with van der Waals surface area (Å²) in [5.41, 5.74) is 0.891. The molecule has 1 aliphatic rings. The number of methoxy groups -OCH3 is 2. The van der Waals surface area contributed by atoms with Crippen LogP contribution in [0.4, 0.5) is 5.69 Å². The van der Waals surface area contributed by atoms with Gasteiger partial charge >= 0.3 is 0 Å². The molecule has 0 aromatic heterocycles. The molecule has 0 fully saturated rings. The van der Waals surface area contributed by atoms with Crippen LogP contribution in [-0.2, 0) is 0 Å². The van der Waals surface area contributed by atoms with Crippen LogP contribution in [-0.4, -0.2) is 31.2 Å². The van der Waals surface area contributed by atoms with Crippen molar-refractivity contribution in [3.8, 4) is 11.5 Å². The fourth-order valence-corrected chi connectivity index (χ4v) is 3.05. The molecular formula is C15H22N2O2S. The van der Waals surface area contributed by atoms with Gasteiger partial charge in [-0.15, -0.1) is 0 Å². The van der Waals surface area contributed by atoms with E-state index in [1.807, 2.05) is 18.2 Å². The number of thioether (sulfide) groups is 1. The third-order valence-corrected chi connectivity index (χ3v) is 4.27. The number of amidine groups is 1. The van der Waals surface area contributed by atoms with E-state index in [1.54, 1.807) is 26.0 Å². The average molecular weight is 294 g/mol. The Balaban J connectivity index is 2.20. The molecule has 1 aliphatic heterocycles. The van der Waals surface area contributed by atoms with Crippen molar-refractivity contribution in [1.29, 1.82) is 0 Å². The van der Waals surface area contributed by atoms with Crippen LogP contribution in [0.3, 0.4) is 0 Å². The van der Waals surface area contributed by atoms with Crippen molar-refractivity contribution in [2.24, 2.45) is 10.9 Å². The molecule has 110 valence electrons. The van der Waals surface area contributed by atoms with E-state index in [4.69, 9.17) is 14.5 Å². The maximum Gasteiger partial charge on any atom is 0.161 e. The molecule has 0 amide bonds. The molecule has 5 heteroatoms. The number of hydrogen-bond donors (Lipinski definition) is 1. The molecule has 0 bridgehead atoms. The van der Waals surface area contributed by atoms with Crippen LogP contribution in [0.1, 0.15) is 20.3 Å². The van der Waals surface area contributed by atoms with Gasteiger partial charge in [-0.2, -0.15) is 0 Å². The zero-order chi connectivity index (χ0) is 14.5. The lowest BCUT2D eigenvalue weighted by molar-refractivity contribution is 0.405. The smallest absolute Gasteiger partial charge is 0.161 e. The molecule has 0 saturated heterocycles. The van der Waals surface area contributed by atoms with Crippen molar-refractivity contribution < 1.29 is 9.47 Å². The summed E-state index contributed by atoms with van der Waals surface area (Å²) in [7, 11) is 3.33. The summed E-state index contributed by atoms with van der Waals surface area (Å²) in [6, 6.07) is 6.11. The number of anilines is 1. The molecular weight excluding hydrogens is 272 g/mol. The first-order chi connectivity index (χ1) is 9.63. The minimum absolute atomic E-state index is 0.398. The van der Waals surface area contributed by atoms with Gasteiger partial charge in [0.25, 0.3) is 0 Å². The fraction of sp³-hybridized carbons (Fsp3) is 0.533. The highest BCUT2D eigenvalue weighted by Crippen LogP contribution is 2.31. The highest BCUT2D eigenvalue weighted by Gasteiger charge is 2.19. The van der Waals surface area contributed by atoms with Crippen molar-refractivity contribution >= 4 is 22.6 Å². The monoisotopic (exact) mass is 294 g/mol. The van der Waals surface area contributed by atoms with E-state index in [1.165, 1.54) is 0 Å². The van der Waals surface area contributed by atoms with Gasteiger partial charge in [0, 0.05) is 11.8 Å². The van der Waals surface area contributed by atoms with Gasteiger partial charge in [0.2, 0.25) is 0 Å². The van der Waals surface area contributed by atoms with Crippen molar-refractivity contribution in [1.82, 2.24) is 0 Å². The summed E-state index contributed by atoms with van der Waals surface area (Å²) in [6.45, 7) is 4.43. The lowest BCUT2D eigenvalue weighted by atomic mass is 10.0. The van der Waals surface area contributed by atoms with E-state index in [-0.39, 0.29) is 0 Å². The summed E-state index contributed by atoms with van der Waals surface area (Å²) in [5, 5.41) is 4.33. The lowest BCUT2D eigenvalue weighted by Gasteiger charge is -2.24. The maximum absolute atomic E-state index is 5.38. The van der Waals surface area contributed by atoms with Crippen LogP contribution < -0.4 is 14.8 Å². The van der Waals surface area contributed by atoms with E-state index in [0.717, 1.165) is 34.5 Å². The Morgan fingerprint density at radius 2 is 2.10 bits per heavy atom. The van der Waals surface area contributed by atoms with Crippen molar-refractivity contribution in [3.05, 3.63) is 18.2 Å². The number of hydrogen-bond acceptors (Lipinski definition) is 5. The second-order valence-corrected chi connectivity index (χ2v) is 6.16. The van der Waals surface area contributed by atoms with Gasteiger partial charge in [-0.05, 0) is 24.5 Å². The highest BCUT2D eigenvalue weighted by molar-refractivity contribution is 8.14. The van der Waals surface area contributed by atoms with Gasteiger partial charge in [0.15, 0.2) is 5.17 Å². The minimum Gasteiger partial charge on any atom is -0.497 e. The summed E-state index contributed by atoms with van der Waals surface area (Å²) >= 11 is 1.75. The first-order valence-corrected chi connectivity index (χ1v) is 7.82. The SMILES string of the molecule is COc1ccc(OC)c(NC2=NC(C(C)C)CCS2)c1. The van der Waals surface area contributed by atoms with E-state index in [0.29, 0.717) is 12.0 Å². The lowest BCUT2D eigenvalue weighted by Crippen LogP contribution is -2.24. The Kier molecular flexibility index (Phi) is 5.17. The van der Waals surface area contributed by atoms with Crippen LogP contribution in [0.25, 0.3) is 0 Å². The van der Waals surface area contributed by atoms with Crippen molar-refractivity contribution in [2.75, 3.05) is 25.3 Å². The molecule has 0 radical (unpaired) electrons. The molecule has 0 spiro atoms. The van der Waals surface area contributed by atoms with Gasteiger partial charge in [-0.1, -0.05) is 25.6 Å². The molecule has 0 saturated carbocycles. The van der Waals surface area contributed by atoms with Crippen molar-refractivity contribution in [2.45, 2.75) is 26.3 Å². The minimum atomic E-state index is 0.398. The van der Waals surface area contributed by atoms with Gasteiger partial charge < -0.3 is 14.8 Å². The first-order valence-electron chi connectivity index (χ1n) is 6.83. The van der Waals surface area contributed by atoms with Gasteiger partial charge in [-0.3, -0.25) is 4.99 Å². The molecule has 1 N–H and O–H groups in total.